The van der Waals surface area contributed by atoms with Gasteiger partial charge < -0.3 is 29.0 Å². The highest BCUT2D eigenvalue weighted by atomic mass is 32.2. The highest BCUT2D eigenvalue weighted by molar-refractivity contribution is 7.89. The van der Waals surface area contributed by atoms with E-state index in [-0.39, 0.29) is 17.4 Å². The van der Waals surface area contributed by atoms with Crippen molar-refractivity contribution in [1.29, 1.82) is 0 Å². The number of rotatable bonds is 13. The fraction of sp³-hybridized carbons (Fsp3) is 0.486. The van der Waals surface area contributed by atoms with Crippen LogP contribution in [0.2, 0.25) is 0 Å². The number of hydrogen-bond donors (Lipinski definition) is 1. The number of aliphatic hydroxyl groups excluding tert-OH is 1. The van der Waals surface area contributed by atoms with Crippen LogP contribution in [-0.4, -0.2) is 83.1 Å². The predicted octanol–water partition coefficient (Wildman–Crippen LogP) is 5.14. The molecule has 0 aromatic heterocycles. The van der Waals surface area contributed by atoms with Crippen LogP contribution in [0.4, 0.5) is 5.69 Å². The van der Waals surface area contributed by atoms with Gasteiger partial charge in [0.15, 0.2) is 0 Å². The van der Waals surface area contributed by atoms with Crippen LogP contribution in [0.15, 0.2) is 71.6 Å². The van der Waals surface area contributed by atoms with E-state index in [1.54, 1.807) is 37.6 Å². The number of benzene rings is 3. The minimum Gasteiger partial charge on any atom is -0.497 e. The van der Waals surface area contributed by atoms with Crippen LogP contribution in [0.1, 0.15) is 48.8 Å². The summed E-state index contributed by atoms with van der Waals surface area (Å²) in [5.41, 5.74) is 4.06. The molecule has 0 bridgehead atoms. The normalized spacial score (nSPS) is 21.2. The first-order valence-electron chi connectivity index (χ1n) is 15.7. The summed E-state index contributed by atoms with van der Waals surface area (Å²) in [6, 6.07) is 20.6. The van der Waals surface area contributed by atoms with Crippen LogP contribution in [0.5, 0.6) is 11.5 Å². The Labute approximate surface area is 267 Å². The lowest BCUT2D eigenvalue weighted by atomic mass is 9.82. The molecule has 0 radical (unpaired) electrons. The lowest BCUT2D eigenvalue weighted by Crippen LogP contribution is -2.53. The van der Waals surface area contributed by atoms with E-state index in [1.807, 2.05) is 55.5 Å². The van der Waals surface area contributed by atoms with E-state index in [4.69, 9.17) is 18.9 Å². The lowest BCUT2D eigenvalue weighted by Gasteiger charge is -2.44. The summed E-state index contributed by atoms with van der Waals surface area (Å²) in [4.78, 5) is 2.56. The van der Waals surface area contributed by atoms with Gasteiger partial charge in [0.25, 0.3) is 0 Å². The smallest absolute Gasteiger partial charge is 0.243 e. The fourth-order valence-corrected chi connectivity index (χ4v) is 8.04. The minimum atomic E-state index is -3.85. The van der Waals surface area contributed by atoms with Crippen molar-refractivity contribution in [2.45, 2.75) is 68.8 Å². The summed E-state index contributed by atoms with van der Waals surface area (Å²) < 4.78 is 53.0. The van der Waals surface area contributed by atoms with Crippen molar-refractivity contribution >= 4 is 15.7 Å². The summed E-state index contributed by atoms with van der Waals surface area (Å²) in [7, 11) is -0.497. The van der Waals surface area contributed by atoms with Gasteiger partial charge in [0.05, 0.1) is 43.1 Å². The third-order valence-corrected chi connectivity index (χ3v) is 10.7. The van der Waals surface area contributed by atoms with E-state index in [2.05, 4.69) is 11.0 Å². The molecule has 5 rings (SSSR count). The number of nitrogens with zero attached hydrogens (tertiary/aromatic N) is 2. The van der Waals surface area contributed by atoms with Gasteiger partial charge in [-0.2, -0.15) is 4.31 Å². The Bertz CT molecular complexity index is 1500. The molecule has 244 valence electrons. The van der Waals surface area contributed by atoms with Gasteiger partial charge in [0.2, 0.25) is 10.0 Å². The molecule has 9 nitrogen and oxygen atoms in total. The number of methoxy groups -OCH3 is 2. The second-order valence-electron chi connectivity index (χ2n) is 12.1. The molecule has 0 aliphatic carbocycles. The van der Waals surface area contributed by atoms with Gasteiger partial charge in [-0.05, 0) is 80.6 Å². The van der Waals surface area contributed by atoms with Gasteiger partial charge in [-0.25, -0.2) is 8.42 Å². The average molecular weight is 639 g/mol. The Hall–Kier alpha value is -3.15. The molecule has 2 aliphatic rings. The van der Waals surface area contributed by atoms with E-state index in [1.165, 1.54) is 0 Å². The maximum absolute atomic E-state index is 14.1. The van der Waals surface area contributed by atoms with Crippen molar-refractivity contribution in [2.24, 2.45) is 0 Å². The second kappa shape index (κ2) is 15.0. The first kappa shape index (κ1) is 33.2. The summed E-state index contributed by atoms with van der Waals surface area (Å²) in [6.07, 6.45) is 0.673. The topological polar surface area (TPSA) is 97.8 Å². The highest BCUT2D eigenvalue weighted by Gasteiger charge is 2.43. The van der Waals surface area contributed by atoms with Crippen LogP contribution < -0.4 is 14.4 Å². The molecule has 3 unspecified atom stereocenters. The van der Waals surface area contributed by atoms with Crippen molar-refractivity contribution in [1.82, 2.24) is 4.31 Å². The zero-order chi connectivity index (χ0) is 32.0. The molecular weight excluding hydrogens is 592 g/mol. The van der Waals surface area contributed by atoms with E-state index in [9.17, 15) is 13.5 Å². The number of sulfonamides is 1. The minimum absolute atomic E-state index is 0.0874. The Balaban J connectivity index is 1.44. The molecule has 1 fully saturated rings. The van der Waals surface area contributed by atoms with E-state index in [0.29, 0.717) is 32.7 Å². The van der Waals surface area contributed by atoms with Crippen molar-refractivity contribution < 1.29 is 32.5 Å². The van der Waals surface area contributed by atoms with Gasteiger partial charge in [-0.3, -0.25) is 0 Å². The number of hydrogen-bond acceptors (Lipinski definition) is 8. The number of ether oxygens (including phenoxy) is 4. The van der Waals surface area contributed by atoms with Crippen LogP contribution >= 0.6 is 0 Å². The number of aryl methyl sites for hydroxylation is 1. The molecule has 2 aliphatic heterocycles. The Morgan fingerprint density at radius 2 is 1.80 bits per heavy atom. The van der Waals surface area contributed by atoms with Crippen LogP contribution in [-0.2, 0) is 26.1 Å². The van der Waals surface area contributed by atoms with Gasteiger partial charge in [-0.15, -0.1) is 0 Å². The molecule has 1 N–H and O–H groups in total. The quantitative estimate of drug-likeness (QED) is 0.257. The summed E-state index contributed by atoms with van der Waals surface area (Å²) in [5, 5.41) is 10.4. The Morgan fingerprint density at radius 3 is 2.49 bits per heavy atom. The molecule has 10 heteroatoms. The molecule has 3 aromatic rings. The first-order valence-corrected chi connectivity index (χ1v) is 17.2. The van der Waals surface area contributed by atoms with E-state index >= 15 is 0 Å². The maximum atomic E-state index is 14.1. The van der Waals surface area contributed by atoms with Crippen LogP contribution in [0.3, 0.4) is 0 Å². The molecule has 3 aromatic carbocycles. The maximum Gasteiger partial charge on any atom is 0.243 e. The zero-order valence-corrected chi connectivity index (χ0v) is 27.5. The van der Waals surface area contributed by atoms with Gasteiger partial charge >= 0.3 is 0 Å². The van der Waals surface area contributed by atoms with Crippen molar-refractivity contribution in [3.63, 3.8) is 0 Å². The number of aliphatic hydroxyl groups is 1. The van der Waals surface area contributed by atoms with E-state index < -0.39 is 28.3 Å². The lowest BCUT2D eigenvalue weighted by molar-refractivity contribution is -0.0254. The molecule has 45 heavy (non-hydrogen) atoms. The third kappa shape index (κ3) is 7.99. The molecule has 0 saturated carbocycles. The third-order valence-electron chi connectivity index (χ3n) is 8.75. The van der Waals surface area contributed by atoms with Gasteiger partial charge in [0.1, 0.15) is 18.1 Å². The van der Waals surface area contributed by atoms with E-state index in [0.717, 1.165) is 53.4 Å². The summed E-state index contributed by atoms with van der Waals surface area (Å²) in [5.74, 6) is 1.52. The first-order chi connectivity index (χ1) is 21.7. The number of anilines is 1. The molecule has 0 spiro atoms. The molecular formula is C35H46N2O7S. The van der Waals surface area contributed by atoms with Crippen molar-refractivity contribution in [3.05, 3.63) is 83.4 Å². The molecule has 4 atom stereocenters. The molecule has 0 amide bonds. The highest BCUT2D eigenvalue weighted by Crippen LogP contribution is 2.39. The predicted molar refractivity (Wildman–Crippen MR) is 175 cm³/mol. The monoisotopic (exact) mass is 638 g/mol. The second-order valence-corrected chi connectivity index (χ2v) is 14.0. The standard InChI is InChI=1S/C35H46N2O7S/c1-25-6-13-31(14-7-25)45(39,40)37-23-35(32(22-29(37)20-26(2)38)28-9-11-30(42-4)12-10-28)44-24-27-8-15-34-33(21-27)36(17-19-43-34)16-5-18-41-3/h6-15,21,26,29,32,35,38H,5,16-20,22-24H2,1-4H3/t26?,29?,32?,35-/m0/s1. The van der Waals surface area contributed by atoms with Crippen molar-refractivity contribution in [3.8, 4) is 11.5 Å². The van der Waals surface area contributed by atoms with Crippen LogP contribution in [0.25, 0.3) is 0 Å². The number of piperidine rings is 1. The van der Waals surface area contributed by atoms with Crippen molar-refractivity contribution in [2.75, 3.05) is 52.0 Å². The SMILES string of the molecule is COCCCN1CCOc2ccc(CO[C@H]3CN(S(=O)(=O)c4ccc(C)cc4)C(CC(C)O)CC3c3ccc(OC)cc3)cc21. The Kier molecular flexibility index (Phi) is 11.0. The fourth-order valence-electron chi connectivity index (χ4n) is 6.38. The Morgan fingerprint density at radius 1 is 1.04 bits per heavy atom. The number of fused-ring (bicyclic) bond motifs is 1. The van der Waals surface area contributed by atoms with Gasteiger partial charge in [-0.1, -0.05) is 35.9 Å². The largest absolute Gasteiger partial charge is 0.497 e. The van der Waals surface area contributed by atoms with Crippen LogP contribution in [0, 0.1) is 6.92 Å². The average Bonchev–Trinajstić information content (AvgIpc) is 3.04. The molecule has 1 saturated heterocycles. The zero-order valence-electron chi connectivity index (χ0n) is 26.7. The summed E-state index contributed by atoms with van der Waals surface area (Å²) >= 11 is 0. The van der Waals surface area contributed by atoms with Gasteiger partial charge in [0, 0.05) is 38.8 Å². The molecule has 2 heterocycles. The summed E-state index contributed by atoms with van der Waals surface area (Å²) in [6.45, 7) is 7.13.